The summed E-state index contributed by atoms with van der Waals surface area (Å²) in [6, 6.07) is 13.8. The van der Waals surface area contributed by atoms with Crippen LogP contribution in [0.2, 0.25) is 5.02 Å². The second-order valence-electron chi connectivity index (χ2n) is 4.26. The van der Waals surface area contributed by atoms with Crippen LogP contribution in [0.25, 0.3) is 32.8 Å². The molecule has 0 aliphatic heterocycles. The van der Waals surface area contributed by atoms with Crippen molar-refractivity contribution in [1.29, 1.82) is 0 Å². The van der Waals surface area contributed by atoms with Crippen LogP contribution in [0.3, 0.4) is 0 Å². The van der Waals surface area contributed by atoms with Gasteiger partial charge in [0.1, 0.15) is 11.1 Å². The third-order valence-corrected chi connectivity index (χ3v) is 3.41. The van der Waals surface area contributed by atoms with E-state index in [9.17, 15) is 0 Å². The molecule has 2 aromatic carbocycles. The summed E-state index contributed by atoms with van der Waals surface area (Å²) in [5.41, 5.74) is 2.52. The van der Waals surface area contributed by atoms with Crippen LogP contribution in [-0.2, 0) is 0 Å². The van der Waals surface area contributed by atoms with E-state index < -0.39 is 0 Å². The Morgan fingerprint density at radius 3 is 2.83 bits per heavy atom. The van der Waals surface area contributed by atoms with E-state index >= 15 is 0 Å². The molecule has 0 fully saturated rings. The monoisotopic (exact) mass is 253 g/mol. The lowest BCUT2D eigenvalue weighted by Gasteiger charge is -1.96. The molecule has 18 heavy (non-hydrogen) atoms. The van der Waals surface area contributed by atoms with Gasteiger partial charge in [-0.2, -0.15) is 0 Å². The first-order valence-corrected chi connectivity index (χ1v) is 6.06. The molecule has 0 radical (unpaired) electrons. The number of furan rings is 1. The van der Waals surface area contributed by atoms with E-state index in [1.807, 2.05) is 30.3 Å². The minimum absolute atomic E-state index is 0.679. The molecule has 86 valence electrons. The van der Waals surface area contributed by atoms with E-state index in [0.29, 0.717) is 5.02 Å². The van der Waals surface area contributed by atoms with Crippen LogP contribution in [0.1, 0.15) is 0 Å². The maximum atomic E-state index is 5.99. The average molecular weight is 254 g/mol. The molecule has 4 rings (SSSR count). The number of benzene rings is 2. The van der Waals surface area contributed by atoms with Gasteiger partial charge < -0.3 is 4.42 Å². The Morgan fingerprint density at radius 2 is 1.89 bits per heavy atom. The second-order valence-corrected chi connectivity index (χ2v) is 4.70. The molecular formula is C15H8ClNO. The minimum Gasteiger partial charge on any atom is -0.454 e. The molecule has 0 saturated carbocycles. The molecule has 0 saturated heterocycles. The summed E-state index contributed by atoms with van der Waals surface area (Å²) in [5.74, 6) is 0. The van der Waals surface area contributed by atoms with E-state index in [1.165, 1.54) is 0 Å². The largest absolute Gasteiger partial charge is 0.454 e. The fraction of sp³-hybridized carbons (Fsp3) is 0. The van der Waals surface area contributed by atoms with Gasteiger partial charge in [-0.1, -0.05) is 23.7 Å². The molecule has 0 N–H and O–H groups in total. The highest BCUT2D eigenvalue weighted by molar-refractivity contribution is 6.31. The minimum atomic E-state index is 0.679. The zero-order chi connectivity index (χ0) is 12.1. The molecule has 2 nitrogen and oxygen atoms in total. The van der Waals surface area contributed by atoms with Gasteiger partial charge in [-0.05, 0) is 24.3 Å². The topological polar surface area (TPSA) is 26.0 Å². The number of fused-ring (bicyclic) bond motifs is 5. The SMILES string of the molecule is Clc1ccc2c(c1)oc1c2ccc2cccnc21. The van der Waals surface area contributed by atoms with Gasteiger partial charge in [0.25, 0.3) is 0 Å². The van der Waals surface area contributed by atoms with Crippen LogP contribution in [-0.4, -0.2) is 4.98 Å². The fourth-order valence-electron chi connectivity index (χ4n) is 2.35. The Bertz CT molecular complexity index is 895. The molecule has 0 aliphatic carbocycles. The summed E-state index contributed by atoms with van der Waals surface area (Å²) in [4.78, 5) is 4.40. The van der Waals surface area contributed by atoms with Gasteiger partial charge in [-0.3, -0.25) is 4.98 Å². The Labute approximate surface area is 108 Å². The molecule has 0 amide bonds. The third-order valence-electron chi connectivity index (χ3n) is 3.17. The zero-order valence-electron chi connectivity index (χ0n) is 9.35. The van der Waals surface area contributed by atoms with Crippen molar-refractivity contribution in [2.24, 2.45) is 0 Å². The van der Waals surface area contributed by atoms with Crippen molar-refractivity contribution < 1.29 is 4.42 Å². The highest BCUT2D eigenvalue weighted by atomic mass is 35.5. The lowest BCUT2D eigenvalue weighted by molar-refractivity contribution is 0.671. The van der Waals surface area contributed by atoms with Gasteiger partial charge in [-0.15, -0.1) is 0 Å². The van der Waals surface area contributed by atoms with Crippen LogP contribution >= 0.6 is 11.6 Å². The van der Waals surface area contributed by atoms with Gasteiger partial charge in [0.15, 0.2) is 5.58 Å². The van der Waals surface area contributed by atoms with Gasteiger partial charge >= 0.3 is 0 Å². The number of pyridine rings is 1. The number of hydrogen-bond acceptors (Lipinski definition) is 2. The van der Waals surface area contributed by atoms with E-state index in [0.717, 1.165) is 32.8 Å². The average Bonchev–Trinajstić information content (AvgIpc) is 2.76. The summed E-state index contributed by atoms with van der Waals surface area (Å²) >= 11 is 5.99. The van der Waals surface area contributed by atoms with Gasteiger partial charge in [0.2, 0.25) is 0 Å². The van der Waals surface area contributed by atoms with Crippen LogP contribution in [0.5, 0.6) is 0 Å². The molecule has 2 aromatic heterocycles. The maximum Gasteiger partial charge on any atom is 0.161 e. The summed E-state index contributed by atoms with van der Waals surface area (Å²) in [6.07, 6.45) is 1.78. The smallest absolute Gasteiger partial charge is 0.161 e. The number of hydrogen-bond donors (Lipinski definition) is 0. The van der Waals surface area contributed by atoms with Crippen molar-refractivity contribution in [3.8, 4) is 0 Å². The van der Waals surface area contributed by atoms with Crippen molar-refractivity contribution >= 4 is 44.4 Å². The lowest BCUT2D eigenvalue weighted by atomic mass is 10.1. The summed E-state index contributed by atoms with van der Waals surface area (Å²) < 4.78 is 5.90. The van der Waals surface area contributed by atoms with Crippen molar-refractivity contribution in [2.45, 2.75) is 0 Å². The van der Waals surface area contributed by atoms with Crippen LogP contribution < -0.4 is 0 Å². The summed E-state index contributed by atoms with van der Waals surface area (Å²) in [5, 5.41) is 3.91. The first kappa shape index (κ1) is 9.92. The fourth-order valence-corrected chi connectivity index (χ4v) is 2.51. The van der Waals surface area contributed by atoms with E-state index in [-0.39, 0.29) is 0 Å². The van der Waals surface area contributed by atoms with E-state index in [1.54, 1.807) is 6.20 Å². The van der Waals surface area contributed by atoms with E-state index in [4.69, 9.17) is 16.0 Å². The lowest BCUT2D eigenvalue weighted by Crippen LogP contribution is -1.77. The molecule has 0 unspecified atom stereocenters. The number of nitrogens with zero attached hydrogens (tertiary/aromatic N) is 1. The summed E-state index contributed by atoms with van der Waals surface area (Å²) in [7, 11) is 0. The first-order chi connectivity index (χ1) is 8.83. The Morgan fingerprint density at radius 1 is 1.00 bits per heavy atom. The van der Waals surface area contributed by atoms with Crippen molar-refractivity contribution in [1.82, 2.24) is 4.98 Å². The zero-order valence-corrected chi connectivity index (χ0v) is 10.1. The summed E-state index contributed by atoms with van der Waals surface area (Å²) in [6.45, 7) is 0. The third kappa shape index (κ3) is 1.27. The van der Waals surface area contributed by atoms with Crippen molar-refractivity contribution in [2.75, 3.05) is 0 Å². The standard InChI is InChI=1S/C15H8ClNO/c16-10-4-6-11-12-5-3-9-2-1-7-17-14(9)15(12)18-13(11)8-10/h1-8H. The second kappa shape index (κ2) is 3.47. The Balaban J connectivity index is 2.29. The van der Waals surface area contributed by atoms with E-state index in [2.05, 4.69) is 17.1 Å². The predicted octanol–water partition coefficient (Wildman–Crippen LogP) is 4.79. The molecule has 2 heterocycles. The Hall–Kier alpha value is -2.06. The quantitative estimate of drug-likeness (QED) is 0.450. The molecule has 0 atom stereocenters. The predicted molar refractivity (Wildman–Crippen MR) is 74.0 cm³/mol. The molecular weight excluding hydrogens is 246 g/mol. The van der Waals surface area contributed by atoms with Gasteiger partial charge in [0, 0.05) is 33.4 Å². The number of aromatic nitrogens is 1. The van der Waals surface area contributed by atoms with Crippen LogP contribution in [0, 0.1) is 0 Å². The van der Waals surface area contributed by atoms with Crippen molar-refractivity contribution in [3.05, 3.63) is 53.7 Å². The highest BCUT2D eigenvalue weighted by Gasteiger charge is 2.10. The van der Waals surface area contributed by atoms with Gasteiger partial charge in [-0.25, -0.2) is 0 Å². The van der Waals surface area contributed by atoms with Crippen molar-refractivity contribution in [3.63, 3.8) is 0 Å². The first-order valence-electron chi connectivity index (χ1n) is 5.68. The molecule has 0 bridgehead atoms. The van der Waals surface area contributed by atoms with Crippen LogP contribution in [0.4, 0.5) is 0 Å². The normalized spacial score (nSPS) is 11.6. The number of rotatable bonds is 0. The molecule has 0 aliphatic rings. The molecule has 4 aromatic rings. The highest BCUT2D eigenvalue weighted by Crippen LogP contribution is 2.33. The molecule has 0 spiro atoms. The van der Waals surface area contributed by atoms with Crippen LogP contribution in [0.15, 0.2) is 53.1 Å². The Kier molecular flexibility index (Phi) is 1.91. The molecule has 3 heteroatoms. The maximum absolute atomic E-state index is 5.99. The van der Waals surface area contributed by atoms with Gasteiger partial charge in [0.05, 0.1) is 0 Å². The number of halogens is 1.